The van der Waals surface area contributed by atoms with Gasteiger partial charge in [0, 0.05) is 27.7 Å². The molecule has 3 aromatic heterocycles. The molecule has 0 N–H and O–H groups in total. The van der Waals surface area contributed by atoms with Crippen LogP contribution in [-0.2, 0) is 0 Å². The molecule has 3 heterocycles. The third kappa shape index (κ3) is 2.99. The molecule has 0 aliphatic carbocycles. The molecule has 0 aliphatic heterocycles. The van der Waals surface area contributed by atoms with E-state index in [-0.39, 0.29) is 0 Å². The SMILES string of the molecule is c1cc(-n2c3ccccc3c3ccccc3c3ccccc3c3ccccc32)c2oc3cnccc3c2c1. The Hall–Kier alpha value is -5.15. The average Bonchev–Trinajstić information content (AvgIpc) is 3.38. The van der Waals surface area contributed by atoms with E-state index in [2.05, 4.69) is 125 Å². The molecule has 0 saturated heterocycles. The van der Waals surface area contributed by atoms with Crippen LogP contribution in [0.25, 0.3) is 71.0 Å². The molecule has 0 fully saturated rings. The summed E-state index contributed by atoms with van der Waals surface area (Å²) in [6.07, 6.45) is 3.62. The first-order valence-corrected chi connectivity index (χ1v) is 12.8. The lowest BCUT2D eigenvalue weighted by atomic mass is 10.0. The Kier molecular flexibility index (Phi) is 4.52. The topological polar surface area (TPSA) is 31.0 Å². The molecular weight excluding hydrogens is 464 g/mol. The average molecular weight is 487 g/mol. The fourth-order valence-electron chi connectivity index (χ4n) is 5.90. The standard InChI is InChI=1S/C35H22N2O/c1-3-12-25-23(10-1)24-11-2-4-13-26(24)28-15-6-8-18-32(28)37(31-17-7-5-14-27(25)31)33-19-9-16-30-29-20-21-36-22-34(29)38-35(30)33/h1-22H. The summed E-state index contributed by atoms with van der Waals surface area (Å²) in [6, 6.07) is 43.2. The first-order chi connectivity index (χ1) is 18.9. The van der Waals surface area contributed by atoms with Crippen molar-refractivity contribution in [3.63, 3.8) is 0 Å². The van der Waals surface area contributed by atoms with E-state index in [0.29, 0.717) is 0 Å². The predicted octanol–water partition coefficient (Wildman–Crippen LogP) is 9.51. The lowest BCUT2D eigenvalue weighted by molar-refractivity contribution is 0.664. The summed E-state index contributed by atoms with van der Waals surface area (Å²) in [7, 11) is 0. The van der Waals surface area contributed by atoms with Crippen molar-refractivity contribution >= 4 is 65.3 Å². The number of hydrogen-bond acceptors (Lipinski definition) is 2. The van der Waals surface area contributed by atoms with Crippen molar-refractivity contribution in [2.24, 2.45) is 0 Å². The number of aromatic nitrogens is 2. The van der Waals surface area contributed by atoms with Crippen molar-refractivity contribution in [2.75, 3.05) is 0 Å². The zero-order valence-electron chi connectivity index (χ0n) is 20.5. The number of furan rings is 1. The molecule has 0 atom stereocenters. The molecule has 0 unspecified atom stereocenters. The van der Waals surface area contributed by atoms with Crippen LogP contribution in [0.2, 0.25) is 0 Å². The molecule has 3 heteroatoms. The summed E-state index contributed by atoms with van der Waals surface area (Å²) in [5, 5.41) is 9.34. The van der Waals surface area contributed by atoms with Crippen LogP contribution < -0.4 is 0 Å². The smallest absolute Gasteiger partial charge is 0.159 e. The first kappa shape index (κ1) is 21.0. The lowest BCUT2D eigenvalue weighted by Crippen LogP contribution is -1.98. The summed E-state index contributed by atoms with van der Waals surface area (Å²) in [6.45, 7) is 0. The lowest BCUT2D eigenvalue weighted by Gasteiger charge is -2.14. The van der Waals surface area contributed by atoms with Gasteiger partial charge in [-0.1, -0.05) is 97.1 Å². The van der Waals surface area contributed by atoms with Crippen LogP contribution in [0.15, 0.2) is 138 Å². The van der Waals surface area contributed by atoms with Gasteiger partial charge in [0.2, 0.25) is 0 Å². The zero-order valence-corrected chi connectivity index (χ0v) is 20.5. The maximum atomic E-state index is 6.50. The number of hydrogen-bond donors (Lipinski definition) is 0. The highest BCUT2D eigenvalue weighted by atomic mass is 16.3. The number of rotatable bonds is 1. The van der Waals surface area contributed by atoms with Crippen molar-refractivity contribution in [2.45, 2.75) is 0 Å². The van der Waals surface area contributed by atoms with E-state index >= 15 is 0 Å². The van der Waals surface area contributed by atoms with Crippen LogP contribution in [0.5, 0.6) is 0 Å². The minimum atomic E-state index is 0.788. The Morgan fingerprint density at radius 3 is 1.55 bits per heavy atom. The molecule has 3 nitrogen and oxygen atoms in total. The maximum Gasteiger partial charge on any atom is 0.159 e. The maximum absolute atomic E-state index is 6.50. The normalized spacial score (nSPS) is 11.7. The first-order valence-electron chi connectivity index (χ1n) is 12.8. The summed E-state index contributed by atoms with van der Waals surface area (Å²) in [5.41, 5.74) is 4.84. The number of pyridine rings is 1. The van der Waals surface area contributed by atoms with Gasteiger partial charge < -0.3 is 8.98 Å². The quantitative estimate of drug-likeness (QED) is 0.231. The summed E-state index contributed by atoms with van der Waals surface area (Å²) < 4.78 is 8.87. The van der Waals surface area contributed by atoms with E-state index in [1.807, 2.05) is 12.3 Å². The summed E-state index contributed by atoms with van der Waals surface area (Å²) in [5.74, 6) is 0. The van der Waals surface area contributed by atoms with Gasteiger partial charge in [-0.3, -0.25) is 4.98 Å². The van der Waals surface area contributed by atoms with E-state index in [1.54, 1.807) is 6.20 Å². The Balaban J connectivity index is 1.74. The van der Waals surface area contributed by atoms with Gasteiger partial charge in [0.1, 0.15) is 0 Å². The van der Waals surface area contributed by atoms with E-state index in [0.717, 1.165) is 38.7 Å². The van der Waals surface area contributed by atoms with Crippen molar-refractivity contribution in [3.8, 4) is 5.69 Å². The van der Waals surface area contributed by atoms with Crippen LogP contribution in [0.1, 0.15) is 0 Å². The Labute approximate surface area is 218 Å². The van der Waals surface area contributed by atoms with Crippen molar-refractivity contribution in [3.05, 3.63) is 134 Å². The van der Waals surface area contributed by atoms with Crippen LogP contribution >= 0.6 is 0 Å². The van der Waals surface area contributed by atoms with Gasteiger partial charge in [0.25, 0.3) is 0 Å². The van der Waals surface area contributed by atoms with Gasteiger partial charge >= 0.3 is 0 Å². The number of fused-ring (bicyclic) bond motifs is 10. The third-order valence-electron chi connectivity index (χ3n) is 7.54. The van der Waals surface area contributed by atoms with Gasteiger partial charge in [-0.05, 0) is 45.8 Å². The molecule has 8 rings (SSSR count). The molecule has 5 aromatic carbocycles. The Morgan fingerprint density at radius 2 is 0.947 bits per heavy atom. The molecule has 178 valence electrons. The van der Waals surface area contributed by atoms with Crippen molar-refractivity contribution < 1.29 is 4.42 Å². The van der Waals surface area contributed by atoms with Gasteiger partial charge in [-0.2, -0.15) is 0 Å². The van der Waals surface area contributed by atoms with Crippen LogP contribution in [0, 0.1) is 0 Å². The largest absolute Gasteiger partial charge is 0.452 e. The molecule has 0 radical (unpaired) electrons. The van der Waals surface area contributed by atoms with Crippen molar-refractivity contribution in [1.82, 2.24) is 9.55 Å². The molecule has 0 bridgehead atoms. The Bertz CT molecular complexity index is 2150. The molecule has 38 heavy (non-hydrogen) atoms. The number of nitrogens with zero attached hydrogens (tertiary/aromatic N) is 2. The second kappa shape index (κ2) is 8.19. The molecule has 8 aromatic rings. The van der Waals surface area contributed by atoms with Gasteiger partial charge in [-0.15, -0.1) is 0 Å². The fourth-order valence-corrected chi connectivity index (χ4v) is 5.90. The highest BCUT2D eigenvalue weighted by Gasteiger charge is 2.15. The molecule has 0 aliphatic rings. The summed E-state index contributed by atoms with van der Waals surface area (Å²) >= 11 is 0. The predicted molar refractivity (Wildman–Crippen MR) is 158 cm³/mol. The second-order valence-electron chi connectivity index (χ2n) is 9.59. The summed E-state index contributed by atoms with van der Waals surface area (Å²) in [4.78, 5) is 4.30. The van der Waals surface area contributed by atoms with Crippen molar-refractivity contribution in [1.29, 1.82) is 0 Å². The van der Waals surface area contributed by atoms with E-state index < -0.39 is 0 Å². The van der Waals surface area contributed by atoms with Gasteiger partial charge in [-0.25, -0.2) is 0 Å². The highest BCUT2D eigenvalue weighted by molar-refractivity contribution is 6.20. The third-order valence-corrected chi connectivity index (χ3v) is 7.54. The van der Waals surface area contributed by atoms with Crippen LogP contribution in [-0.4, -0.2) is 9.55 Å². The van der Waals surface area contributed by atoms with Gasteiger partial charge in [0.05, 0.1) is 22.9 Å². The monoisotopic (exact) mass is 486 g/mol. The highest BCUT2D eigenvalue weighted by Crippen LogP contribution is 2.37. The van der Waals surface area contributed by atoms with E-state index in [4.69, 9.17) is 4.42 Å². The van der Waals surface area contributed by atoms with E-state index in [9.17, 15) is 0 Å². The van der Waals surface area contributed by atoms with E-state index in [1.165, 1.54) is 32.3 Å². The van der Waals surface area contributed by atoms with Crippen LogP contribution in [0.4, 0.5) is 0 Å². The molecular formula is C35H22N2O. The van der Waals surface area contributed by atoms with Crippen LogP contribution in [0.3, 0.4) is 0 Å². The molecule has 0 saturated carbocycles. The fraction of sp³-hybridized carbons (Fsp3) is 0. The number of benzene rings is 5. The second-order valence-corrected chi connectivity index (χ2v) is 9.59. The molecule has 0 amide bonds. The Morgan fingerprint density at radius 1 is 0.447 bits per heavy atom. The molecule has 0 spiro atoms. The van der Waals surface area contributed by atoms with Gasteiger partial charge in [0.15, 0.2) is 11.2 Å². The number of para-hydroxylation sites is 3. The minimum Gasteiger partial charge on any atom is -0.452 e. The zero-order chi connectivity index (χ0) is 25.1. The minimum absolute atomic E-state index is 0.788.